The molecule has 216 valence electrons. The lowest BCUT2D eigenvalue weighted by Gasteiger charge is -2.39. The largest absolute Gasteiger partial charge is 0.546 e. The number of carbonyl (C=O) groups excluding carboxylic acids is 1. The van der Waals surface area contributed by atoms with Crippen molar-refractivity contribution in [2.45, 2.75) is 88.4 Å². The number of ether oxygens (including phenoxy) is 1. The standard InChI is InChI=1S/C29H38N2O7SSi/c1-7-37-28(32)27-25(38-40(5,6)29(2,3)4)15-11-10-14-24-26(27)22-12-8-9-13-23(22)30(24)39(35,36)21-18-16-20(17-19-21)31(33)34/h8-9,12-13,16-19,24,26H,7,10-11,14-15H2,1-6H3/b27-25-/t24-,26+/m0/s1. The SMILES string of the molecule is CCOC(=O)/C1=C(\O[Si](C)(C)C(C)(C)C)CCCC[C@H]2[C@H]1c1ccccc1N2S(=O)(=O)c1ccc([N+](=O)[O-])cc1. The van der Waals surface area contributed by atoms with E-state index in [-0.39, 0.29) is 22.2 Å². The number of anilines is 1. The number of sulfonamides is 1. The lowest BCUT2D eigenvalue weighted by Crippen LogP contribution is -2.43. The van der Waals surface area contributed by atoms with Crippen molar-refractivity contribution in [3.63, 3.8) is 0 Å². The molecule has 1 heterocycles. The molecule has 0 spiro atoms. The van der Waals surface area contributed by atoms with Gasteiger partial charge in [0.15, 0.2) is 0 Å². The Morgan fingerprint density at radius 2 is 1.75 bits per heavy atom. The number of para-hydroxylation sites is 1. The summed E-state index contributed by atoms with van der Waals surface area (Å²) in [5.41, 5.74) is 1.42. The summed E-state index contributed by atoms with van der Waals surface area (Å²) in [6, 6.07) is 11.6. The number of esters is 1. The summed E-state index contributed by atoms with van der Waals surface area (Å²) in [6.07, 6.45) is 2.57. The van der Waals surface area contributed by atoms with Gasteiger partial charge in [0, 0.05) is 24.5 Å². The van der Waals surface area contributed by atoms with Crippen molar-refractivity contribution < 1.29 is 27.3 Å². The highest BCUT2D eigenvalue weighted by Gasteiger charge is 2.50. The first-order valence-corrected chi connectivity index (χ1v) is 18.0. The first-order valence-electron chi connectivity index (χ1n) is 13.7. The Morgan fingerprint density at radius 1 is 1.10 bits per heavy atom. The minimum atomic E-state index is -4.13. The number of allylic oxidation sites excluding steroid dienone is 1. The van der Waals surface area contributed by atoms with Crippen LogP contribution in [0.2, 0.25) is 18.1 Å². The van der Waals surface area contributed by atoms with Gasteiger partial charge in [-0.1, -0.05) is 45.4 Å². The number of nitro groups is 1. The molecule has 1 aliphatic heterocycles. The Hall–Kier alpha value is -3.18. The fourth-order valence-electron chi connectivity index (χ4n) is 5.23. The highest BCUT2D eigenvalue weighted by Crippen LogP contribution is 2.52. The number of nitrogens with zero attached hydrogens (tertiary/aromatic N) is 2. The van der Waals surface area contributed by atoms with E-state index in [4.69, 9.17) is 9.16 Å². The fraction of sp³-hybridized carbons (Fsp3) is 0.483. The molecule has 9 nitrogen and oxygen atoms in total. The Labute approximate surface area is 237 Å². The summed E-state index contributed by atoms with van der Waals surface area (Å²) in [7, 11) is -6.48. The maximum Gasteiger partial charge on any atom is 0.338 e. The van der Waals surface area contributed by atoms with E-state index >= 15 is 0 Å². The summed E-state index contributed by atoms with van der Waals surface area (Å²) in [5.74, 6) is -0.468. The summed E-state index contributed by atoms with van der Waals surface area (Å²) >= 11 is 0. The van der Waals surface area contributed by atoms with Gasteiger partial charge in [-0.2, -0.15) is 0 Å². The van der Waals surface area contributed by atoms with Crippen LogP contribution in [-0.2, 0) is 24.0 Å². The molecule has 11 heteroatoms. The van der Waals surface area contributed by atoms with Crippen LogP contribution in [-0.4, -0.2) is 40.3 Å². The van der Waals surface area contributed by atoms with E-state index in [0.717, 1.165) is 18.4 Å². The highest BCUT2D eigenvalue weighted by molar-refractivity contribution is 7.92. The van der Waals surface area contributed by atoms with Gasteiger partial charge in [-0.25, -0.2) is 13.2 Å². The average Bonchev–Trinajstić information content (AvgIpc) is 3.18. The zero-order chi connectivity index (χ0) is 29.5. The predicted molar refractivity (Wildman–Crippen MR) is 156 cm³/mol. The van der Waals surface area contributed by atoms with Gasteiger partial charge in [-0.15, -0.1) is 0 Å². The second-order valence-corrected chi connectivity index (χ2v) is 18.4. The molecule has 0 radical (unpaired) electrons. The van der Waals surface area contributed by atoms with Gasteiger partial charge in [0.2, 0.25) is 8.32 Å². The third-order valence-electron chi connectivity index (χ3n) is 8.24. The molecule has 0 unspecified atom stereocenters. The zero-order valence-corrected chi connectivity index (χ0v) is 25.8. The number of non-ortho nitro benzene ring substituents is 1. The van der Waals surface area contributed by atoms with Crippen LogP contribution < -0.4 is 4.31 Å². The van der Waals surface area contributed by atoms with Gasteiger partial charge >= 0.3 is 5.97 Å². The van der Waals surface area contributed by atoms with Crippen LogP contribution in [0.3, 0.4) is 0 Å². The smallest absolute Gasteiger partial charge is 0.338 e. The first kappa shape index (κ1) is 29.8. The normalized spacial score (nSPS) is 21.6. The lowest BCUT2D eigenvalue weighted by molar-refractivity contribution is -0.384. The van der Waals surface area contributed by atoms with Gasteiger partial charge < -0.3 is 9.16 Å². The Bertz CT molecular complexity index is 1430. The predicted octanol–water partition coefficient (Wildman–Crippen LogP) is 6.67. The van der Waals surface area contributed by atoms with Crippen molar-refractivity contribution in [1.82, 2.24) is 0 Å². The molecular formula is C29H38N2O7SSi. The number of fused-ring (bicyclic) bond motifs is 3. The number of hydrogen-bond donors (Lipinski definition) is 0. The zero-order valence-electron chi connectivity index (χ0n) is 24.0. The number of hydrogen-bond acceptors (Lipinski definition) is 7. The Balaban J connectivity index is 1.92. The van der Waals surface area contributed by atoms with Crippen LogP contribution in [0.15, 0.2) is 64.8 Å². The third kappa shape index (κ3) is 5.41. The minimum Gasteiger partial charge on any atom is -0.546 e. The molecule has 2 aliphatic rings. The first-order chi connectivity index (χ1) is 18.7. The summed E-state index contributed by atoms with van der Waals surface area (Å²) < 4.78 is 42.1. The number of nitro benzene ring substituents is 1. The van der Waals surface area contributed by atoms with E-state index in [9.17, 15) is 23.3 Å². The van der Waals surface area contributed by atoms with Crippen molar-refractivity contribution in [1.29, 1.82) is 0 Å². The van der Waals surface area contributed by atoms with Crippen molar-refractivity contribution in [2.75, 3.05) is 10.9 Å². The van der Waals surface area contributed by atoms with Crippen LogP contribution in [0.1, 0.15) is 64.9 Å². The van der Waals surface area contributed by atoms with Crippen molar-refractivity contribution in [3.05, 3.63) is 75.5 Å². The van der Waals surface area contributed by atoms with Gasteiger partial charge in [-0.05, 0) is 61.7 Å². The van der Waals surface area contributed by atoms with Crippen molar-refractivity contribution in [3.8, 4) is 0 Å². The van der Waals surface area contributed by atoms with E-state index in [1.807, 2.05) is 12.1 Å². The number of carbonyl (C=O) groups is 1. The maximum absolute atomic E-state index is 14.2. The second-order valence-electron chi connectivity index (χ2n) is 11.8. The van der Waals surface area contributed by atoms with E-state index < -0.39 is 41.2 Å². The highest BCUT2D eigenvalue weighted by atomic mass is 32.2. The summed E-state index contributed by atoms with van der Waals surface area (Å²) in [4.78, 5) is 24.3. The number of rotatable bonds is 7. The van der Waals surface area contributed by atoms with Gasteiger partial charge in [-0.3, -0.25) is 14.4 Å². The Morgan fingerprint density at radius 3 is 2.35 bits per heavy atom. The van der Waals surface area contributed by atoms with Crippen LogP contribution in [0, 0.1) is 10.1 Å². The van der Waals surface area contributed by atoms with E-state index in [1.165, 1.54) is 28.6 Å². The molecule has 1 aliphatic carbocycles. The third-order valence-corrected chi connectivity index (χ3v) is 14.5. The Kier molecular flexibility index (Phi) is 8.19. The molecule has 0 N–H and O–H groups in total. The maximum atomic E-state index is 14.2. The molecule has 0 fully saturated rings. The van der Waals surface area contributed by atoms with Gasteiger partial charge in [0.05, 0.1) is 39.5 Å². The topological polar surface area (TPSA) is 116 Å². The molecule has 0 amide bonds. The van der Waals surface area contributed by atoms with Crippen molar-refractivity contribution >= 4 is 35.7 Å². The minimum absolute atomic E-state index is 0.0463. The molecule has 2 aromatic carbocycles. The van der Waals surface area contributed by atoms with Crippen LogP contribution in [0.5, 0.6) is 0 Å². The molecule has 0 bridgehead atoms. The molecule has 40 heavy (non-hydrogen) atoms. The van der Waals surface area contributed by atoms with E-state index in [2.05, 4.69) is 33.9 Å². The summed E-state index contributed by atoms with van der Waals surface area (Å²) in [5, 5.41) is 11.1. The molecule has 0 saturated heterocycles. The molecule has 2 atom stereocenters. The summed E-state index contributed by atoms with van der Waals surface area (Å²) in [6.45, 7) is 12.6. The fourth-order valence-corrected chi connectivity index (χ4v) is 8.08. The molecule has 4 rings (SSSR count). The van der Waals surface area contributed by atoms with Gasteiger partial charge in [0.1, 0.15) is 0 Å². The quantitative estimate of drug-likeness (QED) is 0.154. The average molecular weight is 587 g/mol. The van der Waals surface area contributed by atoms with E-state index in [1.54, 1.807) is 19.1 Å². The van der Waals surface area contributed by atoms with Crippen LogP contribution in [0.25, 0.3) is 0 Å². The monoisotopic (exact) mass is 586 g/mol. The van der Waals surface area contributed by atoms with Crippen LogP contribution >= 0.6 is 0 Å². The lowest BCUT2D eigenvalue weighted by atomic mass is 9.82. The molecule has 2 aromatic rings. The molecule has 0 aromatic heterocycles. The van der Waals surface area contributed by atoms with Gasteiger partial charge in [0.25, 0.3) is 15.7 Å². The van der Waals surface area contributed by atoms with E-state index in [0.29, 0.717) is 29.9 Å². The molecule has 0 saturated carbocycles. The number of benzene rings is 2. The van der Waals surface area contributed by atoms with Crippen molar-refractivity contribution in [2.24, 2.45) is 0 Å². The van der Waals surface area contributed by atoms with Crippen LogP contribution in [0.4, 0.5) is 11.4 Å². The second kappa shape index (κ2) is 11.0. The molecular weight excluding hydrogens is 548 g/mol.